The van der Waals surface area contributed by atoms with E-state index in [0.29, 0.717) is 23.7 Å². The predicted octanol–water partition coefficient (Wildman–Crippen LogP) is 0.939. The average molecular weight is 306 g/mol. The number of ether oxygens (including phenoxy) is 1. The normalized spacial score (nSPS) is 19.8. The Balaban J connectivity index is 1.68. The van der Waals surface area contributed by atoms with Gasteiger partial charge in [-0.15, -0.1) is 11.3 Å². The van der Waals surface area contributed by atoms with Gasteiger partial charge in [0.25, 0.3) is 5.91 Å². The molecule has 0 bridgehead atoms. The number of likely N-dealkylation sites (N-methyl/N-ethyl adjacent to an activating group) is 1. The summed E-state index contributed by atoms with van der Waals surface area (Å²) in [6.07, 6.45) is 3.44. The van der Waals surface area contributed by atoms with Gasteiger partial charge in [0.15, 0.2) is 0 Å². The van der Waals surface area contributed by atoms with Gasteiger partial charge >= 0.3 is 0 Å². The lowest BCUT2D eigenvalue weighted by molar-refractivity contribution is -0.0174. The van der Waals surface area contributed by atoms with E-state index in [0.717, 1.165) is 23.2 Å². The van der Waals surface area contributed by atoms with Crippen molar-refractivity contribution in [3.05, 3.63) is 23.3 Å². The number of thiophene rings is 1. The fraction of sp³-hybridized carbons (Fsp3) is 0.429. The number of aromatic nitrogens is 1. The number of rotatable bonds is 3. The molecule has 2 aromatic rings. The second-order valence-corrected chi connectivity index (χ2v) is 6.23. The van der Waals surface area contributed by atoms with Crippen LogP contribution in [-0.2, 0) is 4.74 Å². The summed E-state index contributed by atoms with van der Waals surface area (Å²) in [5.41, 5.74) is 6.58. The summed E-state index contributed by atoms with van der Waals surface area (Å²) >= 11 is 1.37. The summed E-state index contributed by atoms with van der Waals surface area (Å²) < 4.78 is 6.55. The van der Waals surface area contributed by atoms with Gasteiger partial charge in [0.05, 0.1) is 23.1 Å². The molecular weight excluding hydrogens is 288 g/mol. The molecule has 3 rings (SSSR count). The van der Waals surface area contributed by atoms with E-state index in [-0.39, 0.29) is 12.0 Å². The van der Waals surface area contributed by atoms with Gasteiger partial charge in [-0.25, -0.2) is 0 Å². The molecule has 0 saturated carbocycles. The zero-order valence-corrected chi connectivity index (χ0v) is 12.7. The van der Waals surface area contributed by atoms with E-state index in [1.54, 1.807) is 12.4 Å². The lowest BCUT2D eigenvalue weighted by Crippen LogP contribution is -2.45. The molecule has 0 radical (unpaired) electrons. The van der Waals surface area contributed by atoms with Gasteiger partial charge in [0, 0.05) is 37.4 Å². The zero-order valence-electron chi connectivity index (χ0n) is 11.8. The number of morpholine rings is 1. The molecule has 1 fully saturated rings. The summed E-state index contributed by atoms with van der Waals surface area (Å²) in [5, 5.41) is 3.79. The number of fused-ring (bicyclic) bond motifs is 1. The smallest absolute Gasteiger partial charge is 0.263 e. The van der Waals surface area contributed by atoms with E-state index in [2.05, 4.69) is 15.2 Å². The molecular formula is C14H18N4O2S. The number of pyridine rings is 1. The van der Waals surface area contributed by atoms with E-state index < -0.39 is 0 Å². The van der Waals surface area contributed by atoms with Crippen LogP contribution >= 0.6 is 11.3 Å². The summed E-state index contributed by atoms with van der Waals surface area (Å²) in [7, 11) is 2.05. The molecule has 1 amide bonds. The number of carbonyl (C=O) groups is 1. The minimum absolute atomic E-state index is 0.0324. The number of nitrogens with one attached hydrogen (secondary N) is 1. The number of nitrogens with two attached hydrogens (primary N) is 1. The Labute approximate surface area is 126 Å². The Morgan fingerprint density at radius 1 is 1.67 bits per heavy atom. The molecule has 1 saturated heterocycles. The topological polar surface area (TPSA) is 80.5 Å². The molecule has 1 unspecified atom stereocenters. The number of anilines is 1. The van der Waals surface area contributed by atoms with Gasteiger partial charge in [-0.1, -0.05) is 0 Å². The first-order chi connectivity index (χ1) is 10.1. The molecule has 7 heteroatoms. The fourth-order valence-electron chi connectivity index (χ4n) is 2.42. The van der Waals surface area contributed by atoms with Crippen LogP contribution in [0.2, 0.25) is 0 Å². The molecule has 21 heavy (non-hydrogen) atoms. The molecule has 112 valence electrons. The lowest BCUT2D eigenvalue weighted by Gasteiger charge is -2.30. The Morgan fingerprint density at radius 2 is 2.52 bits per heavy atom. The largest absolute Gasteiger partial charge is 0.397 e. The van der Waals surface area contributed by atoms with Crippen LogP contribution < -0.4 is 11.1 Å². The summed E-state index contributed by atoms with van der Waals surface area (Å²) in [4.78, 5) is 19.1. The standard InChI is InChI=1S/C14H18N4O2S/c1-18-4-5-20-9(8-18)6-17-14(19)13-12(15)10-2-3-16-7-11(10)21-13/h2-3,7,9H,4-6,8,15H2,1H3,(H,17,19). The Kier molecular flexibility index (Phi) is 4.05. The molecule has 1 aliphatic heterocycles. The minimum Gasteiger partial charge on any atom is -0.397 e. The highest BCUT2D eigenvalue weighted by Crippen LogP contribution is 2.32. The van der Waals surface area contributed by atoms with Crippen LogP contribution in [0.4, 0.5) is 5.69 Å². The third-order valence-electron chi connectivity index (χ3n) is 3.57. The number of amides is 1. The van der Waals surface area contributed by atoms with Crippen molar-refractivity contribution < 1.29 is 9.53 Å². The molecule has 0 spiro atoms. The molecule has 1 atom stereocenters. The molecule has 0 aromatic carbocycles. The van der Waals surface area contributed by atoms with Crippen LogP contribution in [0.25, 0.3) is 10.1 Å². The van der Waals surface area contributed by atoms with Crippen LogP contribution in [-0.4, -0.2) is 55.2 Å². The van der Waals surface area contributed by atoms with Gasteiger partial charge in [0.1, 0.15) is 4.88 Å². The Bertz CT molecular complexity index is 657. The highest BCUT2D eigenvalue weighted by molar-refractivity contribution is 7.21. The van der Waals surface area contributed by atoms with Gasteiger partial charge in [-0.2, -0.15) is 0 Å². The van der Waals surface area contributed by atoms with Crippen molar-refractivity contribution >= 4 is 33.0 Å². The lowest BCUT2D eigenvalue weighted by atomic mass is 10.2. The number of carbonyl (C=O) groups excluding carboxylic acids is 1. The first-order valence-electron chi connectivity index (χ1n) is 6.85. The van der Waals surface area contributed by atoms with E-state index >= 15 is 0 Å². The number of hydrogen-bond donors (Lipinski definition) is 2. The summed E-state index contributed by atoms with van der Waals surface area (Å²) in [6, 6.07) is 1.83. The van der Waals surface area contributed by atoms with Crippen molar-refractivity contribution in [1.82, 2.24) is 15.2 Å². The zero-order chi connectivity index (χ0) is 14.8. The van der Waals surface area contributed by atoms with Crippen molar-refractivity contribution in [2.24, 2.45) is 0 Å². The highest BCUT2D eigenvalue weighted by Gasteiger charge is 2.20. The predicted molar refractivity (Wildman–Crippen MR) is 83.6 cm³/mol. The van der Waals surface area contributed by atoms with Gasteiger partial charge in [-0.3, -0.25) is 9.78 Å². The third kappa shape index (κ3) is 2.99. The number of nitrogens with zero attached hydrogens (tertiary/aromatic N) is 2. The SMILES string of the molecule is CN1CCOC(CNC(=O)c2sc3cnccc3c2N)C1. The van der Waals surface area contributed by atoms with Crippen molar-refractivity contribution in [1.29, 1.82) is 0 Å². The van der Waals surface area contributed by atoms with Gasteiger partial charge < -0.3 is 20.7 Å². The molecule has 3 N–H and O–H groups in total. The maximum atomic E-state index is 12.3. The molecule has 3 heterocycles. The monoisotopic (exact) mass is 306 g/mol. The first kappa shape index (κ1) is 14.2. The van der Waals surface area contributed by atoms with Crippen LogP contribution in [0.15, 0.2) is 18.5 Å². The molecule has 0 aliphatic carbocycles. The second-order valence-electron chi connectivity index (χ2n) is 5.18. The van der Waals surface area contributed by atoms with Crippen molar-refractivity contribution in [2.75, 3.05) is 39.0 Å². The maximum Gasteiger partial charge on any atom is 0.263 e. The Hall–Kier alpha value is -1.70. The number of hydrogen-bond acceptors (Lipinski definition) is 6. The summed E-state index contributed by atoms with van der Waals surface area (Å²) in [6.45, 7) is 2.95. The molecule has 2 aromatic heterocycles. The minimum atomic E-state index is -0.148. The van der Waals surface area contributed by atoms with Crippen molar-refractivity contribution in [3.63, 3.8) is 0 Å². The quantitative estimate of drug-likeness (QED) is 0.882. The fourth-order valence-corrected chi connectivity index (χ4v) is 3.42. The first-order valence-corrected chi connectivity index (χ1v) is 7.67. The van der Waals surface area contributed by atoms with E-state index in [4.69, 9.17) is 10.5 Å². The highest BCUT2D eigenvalue weighted by atomic mass is 32.1. The van der Waals surface area contributed by atoms with Crippen molar-refractivity contribution in [3.8, 4) is 0 Å². The van der Waals surface area contributed by atoms with Crippen LogP contribution in [0.3, 0.4) is 0 Å². The molecule has 6 nitrogen and oxygen atoms in total. The maximum absolute atomic E-state index is 12.3. The Morgan fingerprint density at radius 3 is 3.29 bits per heavy atom. The molecule has 1 aliphatic rings. The van der Waals surface area contributed by atoms with Crippen LogP contribution in [0.1, 0.15) is 9.67 Å². The summed E-state index contributed by atoms with van der Waals surface area (Å²) in [5.74, 6) is -0.148. The van der Waals surface area contributed by atoms with E-state index in [1.807, 2.05) is 13.1 Å². The van der Waals surface area contributed by atoms with Gasteiger partial charge in [-0.05, 0) is 13.1 Å². The van der Waals surface area contributed by atoms with E-state index in [9.17, 15) is 4.79 Å². The van der Waals surface area contributed by atoms with E-state index in [1.165, 1.54) is 11.3 Å². The average Bonchev–Trinajstić information content (AvgIpc) is 2.83. The van der Waals surface area contributed by atoms with Crippen LogP contribution in [0, 0.1) is 0 Å². The van der Waals surface area contributed by atoms with Crippen molar-refractivity contribution in [2.45, 2.75) is 6.10 Å². The van der Waals surface area contributed by atoms with Gasteiger partial charge in [0.2, 0.25) is 0 Å². The van der Waals surface area contributed by atoms with Crippen LogP contribution in [0.5, 0.6) is 0 Å². The second kappa shape index (κ2) is 5.97. The third-order valence-corrected chi connectivity index (χ3v) is 4.72. The number of nitrogen functional groups attached to an aromatic ring is 1.